The Bertz CT molecular complexity index is 674. The Morgan fingerprint density at radius 3 is 2.28 bits per heavy atom. The highest BCUT2D eigenvalue weighted by Crippen LogP contribution is 2.49. The van der Waals surface area contributed by atoms with Crippen LogP contribution in [0.1, 0.15) is 45.7 Å². The standard InChI is InChI=1S/C21H27NO3/c1-13(14-8-6-5-7-9-14)22-19(23)17-15-10-11-16(12-15)18(17)20(24)25-21(2,3)4/h5-11,13,15-18H,12H2,1-4H3,(H,22,23)/t13-,15?,16?,17+,18+/m0/s1. The fourth-order valence-corrected chi connectivity index (χ4v) is 4.01. The summed E-state index contributed by atoms with van der Waals surface area (Å²) in [6, 6.07) is 9.78. The lowest BCUT2D eigenvalue weighted by Gasteiger charge is -2.30. The van der Waals surface area contributed by atoms with Crippen molar-refractivity contribution in [3.63, 3.8) is 0 Å². The van der Waals surface area contributed by atoms with Gasteiger partial charge in [0.25, 0.3) is 0 Å². The Hall–Kier alpha value is -2.10. The zero-order valence-electron chi connectivity index (χ0n) is 15.4. The molecule has 0 aliphatic heterocycles. The molecule has 0 aromatic heterocycles. The fraction of sp³-hybridized carbons (Fsp3) is 0.524. The van der Waals surface area contributed by atoms with Crippen LogP contribution >= 0.6 is 0 Å². The van der Waals surface area contributed by atoms with Crippen LogP contribution in [0.3, 0.4) is 0 Å². The molecule has 25 heavy (non-hydrogen) atoms. The van der Waals surface area contributed by atoms with E-state index in [9.17, 15) is 9.59 Å². The van der Waals surface area contributed by atoms with E-state index in [4.69, 9.17) is 4.74 Å². The largest absolute Gasteiger partial charge is 0.460 e. The topological polar surface area (TPSA) is 55.4 Å². The van der Waals surface area contributed by atoms with Gasteiger partial charge >= 0.3 is 5.97 Å². The number of carbonyl (C=O) groups excluding carboxylic acids is 2. The van der Waals surface area contributed by atoms with E-state index in [0.29, 0.717) is 0 Å². The summed E-state index contributed by atoms with van der Waals surface area (Å²) in [5, 5.41) is 3.09. The van der Waals surface area contributed by atoms with Gasteiger partial charge < -0.3 is 10.1 Å². The summed E-state index contributed by atoms with van der Waals surface area (Å²) < 4.78 is 5.59. The van der Waals surface area contributed by atoms with Gasteiger partial charge in [-0.25, -0.2) is 0 Å². The Balaban J connectivity index is 1.74. The average molecular weight is 341 g/mol. The Labute approximate surface area is 149 Å². The van der Waals surface area contributed by atoms with Crippen LogP contribution in [0.4, 0.5) is 0 Å². The summed E-state index contributed by atoms with van der Waals surface area (Å²) in [5.41, 5.74) is 0.518. The third-order valence-electron chi connectivity index (χ3n) is 5.10. The van der Waals surface area contributed by atoms with Gasteiger partial charge in [-0.15, -0.1) is 0 Å². The second-order valence-corrected chi connectivity index (χ2v) is 8.17. The molecular weight excluding hydrogens is 314 g/mol. The molecule has 2 aliphatic rings. The van der Waals surface area contributed by atoms with Crippen molar-refractivity contribution in [1.82, 2.24) is 5.32 Å². The van der Waals surface area contributed by atoms with Crippen molar-refractivity contribution in [2.75, 3.05) is 0 Å². The summed E-state index contributed by atoms with van der Waals surface area (Å²) in [4.78, 5) is 25.6. The van der Waals surface area contributed by atoms with E-state index in [2.05, 4.69) is 17.5 Å². The first-order chi connectivity index (χ1) is 11.8. The minimum Gasteiger partial charge on any atom is -0.460 e. The highest BCUT2D eigenvalue weighted by atomic mass is 16.6. The van der Waals surface area contributed by atoms with Crippen molar-refractivity contribution in [1.29, 1.82) is 0 Å². The Morgan fingerprint density at radius 1 is 1.08 bits per heavy atom. The third kappa shape index (κ3) is 3.78. The molecule has 1 amide bonds. The van der Waals surface area contributed by atoms with E-state index in [1.54, 1.807) is 0 Å². The number of hydrogen-bond acceptors (Lipinski definition) is 3. The van der Waals surface area contributed by atoms with Gasteiger partial charge in [-0.3, -0.25) is 9.59 Å². The predicted octanol–water partition coefficient (Wildman–Crippen LogP) is 3.64. The summed E-state index contributed by atoms with van der Waals surface area (Å²) >= 11 is 0. The maximum atomic E-state index is 12.9. The first-order valence-electron chi connectivity index (χ1n) is 9.03. The number of fused-ring (bicyclic) bond motifs is 2. The molecule has 4 nitrogen and oxygen atoms in total. The van der Waals surface area contributed by atoms with E-state index in [-0.39, 0.29) is 41.6 Å². The molecule has 2 unspecified atom stereocenters. The van der Waals surface area contributed by atoms with Crippen LogP contribution in [0.2, 0.25) is 0 Å². The third-order valence-corrected chi connectivity index (χ3v) is 5.10. The predicted molar refractivity (Wildman–Crippen MR) is 96.6 cm³/mol. The Kier molecular flexibility index (Phi) is 4.72. The highest BCUT2D eigenvalue weighted by Gasteiger charge is 2.52. The summed E-state index contributed by atoms with van der Waals surface area (Å²) in [6.45, 7) is 7.56. The van der Waals surface area contributed by atoms with Crippen LogP contribution in [0.25, 0.3) is 0 Å². The lowest BCUT2D eigenvalue weighted by molar-refractivity contribution is -0.164. The van der Waals surface area contributed by atoms with Gasteiger partial charge in [0.15, 0.2) is 0 Å². The van der Waals surface area contributed by atoms with E-state index < -0.39 is 5.60 Å². The van der Waals surface area contributed by atoms with E-state index in [1.165, 1.54) is 0 Å². The van der Waals surface area contributed by atoms with Gasteiger partial charge in [0.05, 0.1) is 17.9 Å². The van der Waals surface area contributed by atoms with Crippen LogP contribution in [0.5, 0.6) is 0 Å². The first kappa shape index (κ1) is 17.7. The molecular formula is C21H27NO3. The van der Waals surface area contributed by atoms with E-state index in [1.807, 2.05) is 58.0 Å². The molecule has 134 valence electrons. The van der Waals surface area contributed by atoms with Gasteiger partial charge in [-0.05, 0) is 51.5 Å². The summed E-state index contributed by atoms with van der Waals surface area (Å²) in [6.07, 6.45) is 5.02. The molecule has 1 saturated carbocycles. The number of ether oxygens (including phenoxy) is 1. The number of esters is 1. The normalized spacial score (nSPS) is 28.6. The lowest BCUT2D eigenvalue weighted by atomic mass is 9.82. The van der Waals surface area contributed by atoms with Crippen molar-refractivity contribution in [3.05, 3.63) is 48.0 Å². The zero-order chi connectivity index (χ0) is 18.2. The minimum atomic E-state index is -0.541. The number of amides is 1. The molecule has 0 radical (unpaired) electrons. The molecule has 1 N–H and O–H groups in total. The van der Waals surface area contributed by atoms with Crippen molar-refractivity contribution >= 4 is 11.9 Å². The SMILES string of the molecule is C[C@H](NC(=O)[C@@H]1C2C=CC(C2)[C@H]1C(=O)OC(C)(C)C)c1ccccc1. The molecule has 0 spiro atoms. The zero-order valence-corrected chi connectivity index (χ0v) is 15.4. The summed E-state index contributed by atoms with van der Waals surface area (Å²) in [5.74, 6) is -0.776. The second kappa shape index (κ2) is 6.66. The molecule has 2 aliphatic carbocycles. The van der Waals surface area contributed by atoms with Gasteiger partial charge in [0.2, 0.25) is 5.91 Å². The molecule has 1 aromatic rings. The van der Waals surface area contributed by atoms with Gasteiger partial charge in [0, 0.05) is 0 Å². The quantitative estimate of drug-likeness (QED) is 0.672. The molecule has 0 heterocycles. The molecule has 1 aromatic carbocycles. The van der Waals surface area contributed by atoms with Crippen molar-refractivity contribution < 1.29 is 14.3 Å². The van der Waals surface area contributed by atoms with Crippen molar-refractivity contribution in [2.45, 2.75) is 45.8 Å². The fourth-order valence-electron chi connectivity index (χ4n) is 4.01. The van der Waals surface area contributed by atoms with Crippen molar-refractivity contribution in [3.8, 4) is 0 Å². The number of hydrogen-bond donors (Lipinski definition) is 1. The number of rotatable bonds is 4. The number of nitrogens with one attached hydrogen (secondary N) is 1. The molecule has 4 heteroatoms. The second-order valence-electron chi connectivity index (χ2n) is 8.17. The smallest absolute Gasteiger partial charge is 0.310 e. The number of carbonyl (C=O) groups is 2. The van der Waals surface area contributed by atoms with Crippen LogP contribution in [0, 0.1) is 23.7 Å². The molecule has 2 bridgehead atoms. The average Bonchev–Trinajstić information content (AvgIpc) is 3.15. The molecule has 5 atom stereocenters. The highest BCUT2D eigenvalue weighted by molar-refractivity contribution is 5.87. The van der Waals surface area contributed by atoms with Gasteiger partial charge in [-0.2, -0.15) is 0 Å². The first-order valence-corrected chi connectivity index (χ1v) is 9.03. The number of allylic oxidation sites excluding steroid dienone is 2. The van der Waals surface area contributed by atoms with Gasteiger partial charge in [-0.1, -0.05) is 42.5 Å². The summed E-state index contributed by atoms with van der Waals surface area (Å²) in [7, 11) is 0. The maximum absolute atomic E-state index is 12.9. The molecule has 1 fully saturated rings. The number of benzene rings is 1. The lowest BCUT2D eigenvalue weighted by Crippen LogP contribution is -2.43. The Morgan fingerprint density at radius 2 is 1.68 bits per heavy atom. The van der Waals surface area contributed by atoms with E-state index in [0.717, 1.165) is 12.0 Å². The van der Waals surface area contributed by atoms with Crippen LogP contribution in [0.15, 0.2) is 42.5 Å². The molecule has 3 rings (SSSR count). The minimum absolute atomic E-state index is 0.0518. The van der Waals surface area contributed by atoms with Crippen LogP contribution in [-0.4, -0.2) is 17.5 Å². The van der Waals surface area contributed by atoms with Crippen LogP contribution < -0.4 is 5.32 Å². The maximum Gasteiger partial charge on any atom is 0.310 e. The van der Waals surface area contributed by atoms with Crippen LogP contribution in [-0.2, 0) is 14.3 Å². The van der Waals surface area contributed by atoms with E-state index >= 15 is 0 Å². The monoisotopic (exact) mass is 341 g/mol. The van der Waals surface area contributed by atoms with Crippen molar-refractivity contribution in [2.24, 2.45) is 23.7 Å². The van der Waals surface area contributed by atoms with Gasteiger partial charge in [0.1, 0.15) is 5.60 Å². The molecule has 0 saturated heterocycles.